The summed E-state index contributed by atoms with van der Waals surface area (Å²) in [5.74, 6) is 2.09. The average molecular weight is 353 g/mol. The predicted octanol–water partition coefficient (Wildman–Crippen LogP) is 1.34. The van der Waals surface area contributed by atoms with Gasteiger partial charge in [-0.25, -0.2) is 9.97 Å². The lowest BCUT2D eigenvalue weighted by Gasteiger charge is -2.39. The van der Waals surface area contributed by atoms with E-state index in [0.717, 1.165) is 36.5 Å². The molecule has 7 nitrogen and oxygen atoms in total. The summed E-state index contributed by atoms with van der Waals surface area (Å²) in [4.78, 5) is 27.0. The first-order chi connectivity index (χ1) is 12.7. The largest absolute Gasteiger partial charge is 0.367 e. The molecule has 1 aliphatic heterocycles. The quantitative estimate of drug-likeness (QED) is 0.844. The highest BCUT2D eigenvalue weighted by Gasteiger charge is 2.48. The molecule has 0 radical (unpaired) electrons. The molecule has 1 aliphatic carbocycles. The molecule has 1 saturated heterocycles. The maximum absolute atomic E-state index is 12.1. The number of fused-ring (bicyclic) bond motifs is 1. The fourth-order valence-electron chi connectivity index (χ4n) is 3.96. The Morgan fingerprint density at radius 3 is 3.08 bits per heavy atom. The Morgan fingerprint density at radius 1 is 1.35 bits per heavy atom. The van der Waals surface area contributed by atoms with E-state index < -0.39 is 0 Å². The van der Waals surface area contributed by atoms with Crippen LogP contribution < -0.4 is 10.2 Å². The number of carbonyl (C=O) groups is 1. The van der Waals surface area contributed by atoms with Crippen molar-refractivity contribution in [3.05, 3.63) is 48.2 Å². The summed E-state index contributed by atoms with van der Waals surface area (Å²) in [6, 6.07) is 4.03. The zero-order valence-electron chi connectivity index (χ0n) is 14.8. The Labute approximate surface area is 152 Å². The van der Waals surface area contributed by atoms with Crippen LogP contribution in [0.2, 0.25) is 0 Å². The van der Waals surface area contributed by atoms with Crippen molar-refractivity contribution in [2.24, 2.45) is 11.8 Å². The second kappa shape index (κ2) is 7.37. The summed E-state index contributed by atoms with van der Waals surface area (Å²) in [6.45, 7) is 4.46. The zero-order valence-corrected chi connectivity index (χ0v) is 14.8. The van der Waals surface area contributed by atoms with E-state index in [-0.39, 0.29) is 18.6 Å². The van der Waals surface area contributed by atoms with Gasteiger partial charge in [0.15, 0.2) is 0 Å². The van der Waals surface area contributed by atoms with Crippen LogP contribution in [0.4, 0.5) is 5.82 Å². The van der Waals surface area contributed by atoms with Gasteiger partial charge in [0.25, 0.3) is 0 Å². The first kappa shape index (κ1) is 16.9. The van der Waals surface area contributed by atoms with Crippen molar-refractivity contribution in [3.8, 4) is 0 Å². The zero-order chi connectivity index (χ0) is 17.9. The Bertz CT molecular complexity index is 770. The van der Waals surface area contributed by atoms with Gasteiger partial charge in [0.2, 0.25) is 5.91 Å². The minimum Gasteiger partial charge on any atom is -0.367 e. The van der Waals surface area contributed by atoms with Crippen LogP contribution in [0.25, 0.3) is 0 Å². The van der Waals surface area contributed by atoms with E-state index in [1.807, 2.05) is 25.3 Å². The number of ether oxygens (including phenoxy) is 1. The highest BCUT2D eigenvalue weighted by atomic mass is 16.5. The van der Waals surface area contributed by atoms with Crippen molar-refractivity contribution < 1.29 is 9.53 Å². The molecule has 4 rings (SSSR count). The van der Waals surface area contributed by atoms with Gasteiger partial charge in [-0.1, -0.05) is 6.07 Å². The number of aryl methyl sites for hydroxylation is 1. The summed E-state index contributed by atoms with van der Waals surface area (Å²) >= 11 is 0. The second-order valence-electron chi connectivity index (χ2n) is 7.12. The van der Waals surface area contributed by atoms with Crippen LogP contribution in [-0.2, 0) is 16.1 Å². The normalized spacial score (nSPS) is 24.0. The van der Waals surface area contributed by atoms with Crippen molar-refractivity contribution in [2.45, 2.75) is 26.0 Å². The Hall–Kier alpha value is -2.54. The summed E-state index contributed by atoms with van der Waals surface area (Å²) in [6.07, 6.45) is 7.94. The van der Waals surface area contributed by atoms with Crippen LogP contribution in [0.15, 0.2) is 37.1 Å². The summed E-state index contributed by atoms with van der Waals surface area (Å²) < 4.78 is 5.49. The molecule has 0 bridgehead atoms. The number of hydrogen-bond donors (Lipinski definition) is 1. The smallest absolute Gasteiger partial charge is 0.246 e. The number of amides is 1. The van der Waals surface area contributed by atoms with E-state index >= 15 is 0 Å². The monoisotopic (exact) mass is 353 g/mol. The second-order valence-corrected chi connectivity index (χ2v) is 7.12. The van der Waals surface area contributed by atoms with Gasteiger partial charge in [-0.3, -0.25) is 9.78 Å². The molecular formula is C19H23N5O2. The van der Waals surface area contributed by atoms with Gasteiger partial charge >= 0.3 is 0 Å². The molecule has 7 heteroatoms. The van der Waals surface area contributed by atoms with Crippen molar-refractivity contribution in [3.63, 3.8) is 0 Å². The van der Waals surface area contributed by atoms with Crippen LogP contribution in [0.1, 0.15) is 17.5 Å². The molecular weight excluding hydrogens is 330 g/mol. The molecule has 1 N–H and O–H groups in total. The molecule has 136 valence electrons. The fourth-order valence-corrected chi connectivity index (χ4v) is 3.96. The molecule has 2 fully saturated rings. The third-order valence-electron chi connectivity index (χ3n) is 5.30. The number of nitrogens with one attached hydrogen (secondary N) is 1. The van der Waals surface area contributed by atoms with E-state index in [1.165, 1.54) is 0 Å². The van der Waals surface area contributed by atoms with E-state index in [9.17, 15) is 4.79 Å². The summed E-state index contributed by atoms with van der Waals surface area (Å²) in [5, 5.41) is 3.12. The first-order valence-electron chi connectivity index (χ1n) is 8.98. The SMILES string of the molecule is Cc1cncnc1N1CC2CC(NC(=O)COCc3cccnc3)C2C1. The molecule has 3 unspecified atom stereocenters. The Balaban J connectivity index is 1.24. The van der Waals surface area contributed by atoms with Crippen LogP contribution in [0.5, 0.6) is 0 Å². The van der Waals surface area contributed by atoms with Crippen LogP contribution in [0, 0.1) is 18.8 Å². The summed E-state index contributed by atoms with van der Waals surface area (Å²) in [5.41, 5.74) is 2.06. The molecule has 2 aromatic rings. The van der Waals surface area contributed by atoms with Gasteiger partial charge in [0.1, 0.15) is 18.8 Å². The molecule has 26 heavy (non-hydrogen) atoms. The van der Waals surface area contributed by atoms with Gasteiger partial charge in [0, 0.05) is 49.2 Å². The highest BCUT2D eigenvalue weighted by molar-refractivity contribution is 5.77. The van der Waals surface area contributed by atoms with Crippen molar-refractivity contribution in [1.82, 2.24) is 20.3 Å². The number of hydrogen-bond acceptors (Lipinski definition) is 6. The van der Waals surface area contributed by atoms with E-state index in [2.05, 4.69) is 25.2 Å². The fraction of sp³-hybridized carbons (Fsp3) is 0.474. The topological polar surface area (TPSA) is 80.2 Å². The third-order valence-corrected chi connectivity index (χ3v) is 5.30. The van der Waals surface area contributed by atoms with Crippen LogP contribution >= 0.6 is 0 Å². The number of pyridine rings is 1. The van der Waals surface area contributed by atoms with Crippen molar-refractivity contribution >= 4 is 11.7 Å². The molecule has 1 amide bonds. The van der Waals surface area contributed by atoms with E-state index in [1.54, 1.807) is 18.7 Å². The van der Waals surface area contributed by atoms with Gasteiger partial charge in [-0.15, -0.1) is 0 Å². The van der Waals surface area contributed by atoms with Gasteiger partial charge in [0.05, 0.1) is 6.61 Å². The Morgan fingerprint density at radius 2 is 2.27 bits per heavy atom. The molecule has 0 aromatic carbocycles. The maximum atomic E-state index is 12.1. The van der Waals surface area contributed by atoms with E-state index in [0.29, 0.717) is 18.4 Å². The summed E-state index contributed by atoms with van der Waals surface area (Å²) in [7, 11) is 0. The number of nitrogens with zero attached hydrogens (tertiary/aromatic N) is 4. The van der Waals surface area contributed by atoms with Gasteiger partial charge in [-0.2, -0.15) is 0 Å². The molecule has 3 atom stereocenters. The third kappa shape index (κ3) is 3.53. The van der Waals surface area contributed by atoms with Gasteiger partial charge in [-0.05, 0) is 30.9 Å². The number of rotatable bonds is 6. The first-order valence-corrected chi connectivity index (χ1v) is 8.98. The average Bonchev–Trinajstić information content (AvgIpc) is 2.98. The maximum Gasteiger partial charge on any atom is 0.246 e. The van der Waals surface area contributed by atoms with Crippen LogP contribution in [0.3, 0.4) is 0 Å². The van der Waals surface area contributed by atoms with Crippen molar-refractivity contribution in [2.75, 3.05) is 24.6 Å². The van der Waals surface area contributed by atoms with Gasteiger partial charge < -0.3 is 15.0 Å². The van der Waals surface area contributed by atoms with Crippen LogP contribution in [-0.4, -0.2) is 46.6 Å². The highest BCUT2D eigenvalue weighted by Crippen LogP contribution is 2.42. The molecule has 2 aliphatic rings. The van der Waals surface area contributed by atoms with Crippen molar-refractivity contribution in [1.29, 1.82) is 0 Å². The lowest BCUT2D eigenvalue weighted by Crippen LogP contribution is -2.52. The number of carbonyl (C=O) groups excluding carboxylic acids is 1. The predicted molar refractivity (Wildman–Crippen MR) is 96.4 cm³/mol. The molecule has 1 saturated carbocycles. The van der Waals surface area contributed by atoms with E-state index in [4.69, 9.17) is 4.74 Å². The molecule has 2 aromatic heterocycles. The standard InChI is InChI=1S/C19H23N5O2/c1-13-6-21-12-22-19(13)24-8-15-5-17(16(15)9-24)23-18(25)11-26-10-14-3-2-4-20-7-14/h2-4,6-7,12,15-17H,5,8-11H2,1H3,(H,23,25). The minimum absolute atomic E-state index is 0.0472. The molecule has 3 heterocycles. The molecule has 0 spiro atoms. The lowest BCUT2D eigenvalue weighted by atomic mass is 9.71. The Kier molecular flexibility index (Phi) is 4.79. The minimum atomic E-state index is -0.0472. The number of aromatic nitrogens is 3. The number of anilines is 1. The lowest BCUT2D eigenvalue weighted by molar-refractivity contribution is -0.128.